The number of phosphoric ester groups is 2. The Bertz CT molecular complexity index is 1900. The second-order valence-electron chi connectivity index (χ2n) is 29.9. The average molecular weight is 1440 g/mol. The third-order valence-electron chi connectivity index (χ3n) is 18.4. The van der Waals surface area contributed by atoms with Gasteiger partial charge in [-0.05, 0) is 43.4 Å². The molecule has 0 radical (unpaired) electrons. The van der Waals surface area contributed by atoms with Gasteiger partial charge in [0, 0.05) is 25.7 Å². The Morgan fingerprint density at radius 3 is 0.694 bits per heavy atom. The fourth-order valence-corrected chi connectivity index (χ4v) is 13.7. The fourth-order valence-electron chi connectivity index (χ4n) is 12.1. The van der Waals surface area contributed by atoms with Crippen molar-refractivity contribution in [3.05, 3.63) is 0 Å². The summed E-state index contributed by atoms with van der Waals surface area (Å²) >= 11 is 0. The van der Waals surface area contributed by atoms with Gasteiger partial charge in [-0.1, -0.05) is 357 Å². The number of carbonyl (C=O) groups is 4. The number of hydrogen-bond donors (Lipinski definition) is 3. The van der Waals surface area contributed by atoms with E-state index >= 15 is 0 Å². The first kappa shape index (κ1) is 96.1. The van der Waals surface area contributed by atoms with Crippen LogP contribution in [0.3, 0.4) is 0 Å². The maximum atomic E-state index is 13.1. The Balaban J connectivity index is 5.23. The van der Waals surface area contributed by atoms with Crippen LogP contribution in [-0.2, 0) is 65.4 Å². The molecule has 5 atom stereocenters. The van der Waals surface area contributed by atoms with E-state index in [0.717, 1.165) is 108 Å². The van der Waals surface area contributed by atoms with Crippen LogP contribution in [-0.4, -0.2) is 96.7 Å². The highest BCUT2D eigenvalue weighted by atomic mass is 31.2. The summed E-state index contributed by atoms with van der Waals surface area (Å²) in [5.41, 5.74) is 0. The molecule has 0 bridgehead atoms. The van der Waals surface area contributed by atoms with Crippen LogP contribution in [0.25, 0.3) is 0 Å². The summed E-state index contributed by atoms with van der Waals surface area (Å²) in [6, 6.07) is 0. The van der Waals surface area contributed by atoms with Gasteiger partial charge in [-0.25, -0.2) is 9.13 Å². The van der Waals surface area contributed by atoms with Gasteiger partial charge in [0.2, 0.25) is 0 Å². The van der Waals surface area contributed by atoms with Gasteiger partial charge in [0.1, 0.15) is 19.3 Å². The Morgan fingerprint density at radius 2 is 0.469 bits per heavy atom. The monoisotopic (exact) mass is 1440 g/mol. The molecule has 0 fully saturated rings. The summed E-state index contributed by atoms with van der Waals surface area (Å²) in [5, 5.41) is 10.6. The predicted molar refractivity (Wildman–Crippen MR) is 400 cm³/mol. The number of phosphoric acid groups is 2. The molecule has 582 valence electrons. The zero-order chi connectivity index (χ0) is 72.3. The second kappa shape index (κ2) is 69.4. The Kier molecular flexibility index (Phi) is 68.1. The largest absolute Gasteiger partial charge is 0.472 e. The average Bonchev–Trinajstić information content (AvgIpc) is 2.20. The van der Waals surface area contributed by atoms with E-state index in [-0.39, 0.29) is 25.7 Å². The third kappa shape index (κ3) is 72.4. The van der Waals surface area contributed by atoms with Gasteiger partial charge in [-0.3, -0.25) is 37.3 Å². The molecule has 0 aliphatic heterocycles. The maximum Gasteiger partial charge on any atom is 0.472 e. The standard InChI is InChI=1S/C79H154O17P2/c1-8-9-10-11-12-29-39-46-53-60-76(81)89-66-74(95-79(84)63-56-49-42-35-28-22-21-25-32-38-45-52-59-72(6)7)68-93-97(85,86)91-64-73(80)65-92-98(87,88)94-69-75(96-78(83)62-55-48-41-34-27-20-16-14-18-24-31-37-44-51-58-71(4)5)67-90-77(82)61-54-47-40-33-26-19-15-13-17-23-30-36-43-50-57-70(2)3/h70-75,80H,8-69H2,1-7H3,(H,85,86)(H,87,88)/t73-,74+,75+/m0/s1. The lowest BCUT2D eigenvalue weighted by Crippen LogP contribution is -2.30. The van der Waals surface area contributed by atoms with Crippen LogP contribution < -0.4 is 0 Å². The number of esters is 4. The molecule has 0 aromatic rings. The molecule has 0 rings (SSSR count). The zero-order valence-electron chi connectivity index (χ0n) is 64.3. The van der Waals surface area contributed by atoms with Crippen LogP contribution in [0.15, 0.2) is 0 Å². The predicted octanol–water partition coefficient (Wildman–Crippen LogP) is 23.4. The fraction of sp³-hybridized carbons (Fsp3) is 0.949. The molecule has 17 nitrogen and oxygen atoms in total. The lowest BCUT2D eigenvalue weighted by molar-refractivity contribution is -0.161. The van der Waals surface area contributed by atoms with Crippen molar-refractivity contribution in [1.82, 2.24) is 0 Å². The minimum Gasteiger partial charge on any atom is -0.462 e. The number of rotatable bonds is 77. The number of ether oxygens (including phenoxy) is 4. The van der Waals surface area contributed by atoms with Gasteiger partial charge < -0.3 is 33.8 Å². The van der Waals surface area contributed by atoms with Gasteiger partial charge in [0.25, 0.3) is 0 Å². The molecule has 0 aromatic carbocycles. The molecule has 0 amide bonds. The van der Waals surface area contributed by atoms with Crippen molar-refractivity contribution < 1.29 is 80.2 Å². The molecule has 98 heavy (non-hydrogen) atoms. The first-order valence-electron chi connectivity index (χ1n) is 40.8. The Hall–Kier alpha value is -1.94. The van der Waals surface area contributed by atoms with Crippen LogP contribution >= 0.6 is 15.6 Å². The van der Waals surface area contributed by atoms with E-state index in [1.165, 1.54) is 218 Å². The minimum absolute atomic E-state index is 0.107. The van der Waals surface area contributed by atoms with Crippen LogP contribution in [0, 0.1) is 17.8 Å². The number of aliphatic hydroxyl groups is 1. The van der Waals surface area contributed by atoms with Gasteiger partial charge in [0.15, 0.2) is 12.2 Å². The van der Waals surface area contributed by atoms with Crippen LogP contribution in [0.1, 0.15) is 408 Å². The van der Waals surface area contributed by atoms with E-state index in [2.05, 4.69) is 48.5 Å². The lowest BCUT2D eigenvalue weighted by atomic mass is 10.0. The van der Waals surface area contributed by atoms with Crippen molar-refractivity contribution in [2.24, 2.45) is 17.8 Å². The molecule has 0 aliphatic carbocycles. The zero-order valence-corrected chi connectivity index (χ0v) is 66.0. The molecule has 0 spiro atoms. The molecule has 0 heterocycles. The van der Waals surface area contributed by atoms with Crippen LogP contribution in [0.2, 0.25) is 0 Å². The number of carbonyl (C=O) groups excluding carboxylic acids is 4. The van der Waals surface area contributed by atoms with E-state index < -0.39 is 97.5 Å². The van der Waals surface area contributed by atoms with Crippen molar-refractivity contribution in [2.45, 2.75) is 426 Å². The van der Waals surface area contributed by atoms with Crippen molar-refractivity contribution in [3.63, 3.8) is 0 Å². The molecule has 0 saturated heterocycles. The number of unbranched alkanes of at least 4 members (excludes halogenated alkanes) is 45. The quantitative estimate of drug-likeness (QED) is 0.0222. The smallest absolute Gasteiger partial charge is 0.462 e. The maximum absolute atomic E-state index is 13.1. The molecule has 2 unspecified atom stereocenters. The van der Waals surface area contributed by atoms with Crippen molar-refractivity contribution in [1.29, 1.82) is 0 Å². The first-order chi connectivity index (χ1) is 47.2. The minimum atomic E-state index is -4.96. The normalized spacial score (nSPS) is 14.0. The summed E-state index contributed by atoms with van der Waals surface area (Å²) in [6.07, 6.45) is 56.8. The van der Waals surface area contributed by atoms with Crippen molar-refractivity contribution in [3.8, 4) is 0 Å². The van der Waals surface area contributed by atoms with E-state index in [0.29, 0.717) is 25.7 Å². The van der Waals surface area contributed by atoms with E-state index in [9.17, 15) is 43.2 Å². The summed E-state index contributed by atoms with van der Waals surface area (Å²) in [7, 11) is -9.92. The summed E-state index contributed by atoms with van der Waals surface area (Å²) in [6.45, 7) is 12.0. The highest BCUT2D eigenvalue weighted by Gasteiger charge is 2.30. The number of hydrogen-bond acceptors (Lipinski definition) is 15. The lowest BCUT2D eigenvalue weighted by Gasteiger charge is -2.21. The summed E-state index contributed by atoms with van der Waals surface area (Å²) in [4.78, 5) is 72.9. The Labute approximate surface area is 600 Å². The van der Waals surface area contributed by atoms with E-state index in [1.54, 1.807) is 0 Å². The van der Waals surface area contributed by atoms with Crippen molar-refractivity contribution in [2.75, 3.05) is 39.6 Å². The van der Waals surface area contributed by atoms with E-state index in [4.69, 9.17) is 37.0 Å². The van der Waals surface area contributed by atoms with E-state index in [1.807, 2.05) is 0 Å². The van der Waals surface area contributed by atoms with Crippen LogP contribution in [0.4, 0.5) is 0 Å². The third-order valence-corrected chi connectivity index (χ3v) is 20.3. The van der Waals surface area contributed by atoms with Gasteiger partial charge >= 0.3 is 39.5 Å². The summed E-state index contributed by atoms with van der Waals surface area (Å²) < 4.78 is 68.6. The molecular formula is C79H154O17P2. The van der Waals surface area contributed by atoms with Gasteiger partial charge in [-0.15, -0.1) is 0 Å². The topological polar surface area (TPSA) is 237 Å². The summed E-state index contributed by atoms with van der Waals surface area (Å²) in [5.74, 6) is 0.258. The van der Waals surface area contributed by atoms with Crippen molar-refractivity contribution >= 4 is 39.5 Å². The molecular weight excluding hydrogens is 1280 g/mol. The molecule has 0 aromatic heterocycles. The van der Waals surface area contributed by atoms with Crippen LogP contribution in [0.5, 0.6) is 0 Å². The molecule has 19 heteroatoms. The van der Waals surface area contributed by atoms with Gasteiger partial charge in [-0.2, -0.15) is 0 Å². The second-order valence-corrected chi connectivity index (χ2v) is 32.8. The molecule has 0 aliphatic rings. The number of aliphatic hydroxyl groups excluding tert-OH is 1. The molecule has 3 N–H and O–H groups in total. The first-order valence-corrected chi connectivity index (χ1v) is 43.8. The highest BCUT2D eigenvalue weighted by molar-refractivity contribution is 7.47. The Morgan fingerprint density at radius 1 is 0.276 bits per heavy atom. The highest BCUT2D eigenvalue weighted by Crippen LogP contribution is 2.45. The SMILES string of the molecule is CCCCCCCCCCCC(=O)OC[C@H](COP(=O)(O)OC[C@H](O)COP(=O)(O)OC[C@@H](COC(=O)CCCCCCCCCCCCCCCCC(C)C)OC(=O)CCCCCCCCCCCCCCCCC(C)C)OC(=O)CCCCCCCCCCCCCCC(C)C. The molecule has 0 saturated carbocycles. The van der Waals surface area contributed by atoms with Gasteiger partial charge in [0.05, 0.1) is 26.4 Å².